The van der Waals surface area contributed by atoms with E-state index in [0.29, 0.717) is 18.3 Å². The smallest absolute Gasteiger partial charge is 0.205 e. The highest BCUT2D eigenvalue weighted by Gasteiger charge is 1.93. The molecule has 78 valence electrons. The molecule has 0 saturated carbocycles. The number of nitrogens with one attached hydrogen (secondary N) is 2. The predicted octanol–water partition coefficient (Wildman–Crippen LogP) is -0.816. The molecule has 0 saturated heterocycles. The first-order valence-corrected chi connectivity index (χ1v) is 5.98. The Morgan fingerprint density at radius 3 is 2.77 bits per heavy atom. The standard InChI is InChI=1S/C7H18N4OS/c1-3-9-7(11-8)10-5-4-6-13(2)12/h3-6,8H2,1-2H3,(H2,9,10,11). The Morgan fingerprint density at radius 2 is 2.31 bits per heavy atom. The van der Waals surface area contributed by atoms with Crippen molar-refractivity contribution in [2.45, 2.75) is 13.3 Å². The maximum absolute atomic E-state index is 10.7. The summed E-state index contributed by atoms with van der Waals surface area (Å²) in [6.07, 6.45) is 2.51. The average molecular weight is 206 g/mol. The molecule has 0 aliphatic rings. The predicted molar refractivity (Wildman–Crippen MR) is 56.9 cm³/mol. The molecule has 1 unspecified atom stereocenters. The van der Waals surface area contributed by atoms with Crippen molar-refractivity contribution in [2.24, 2.45) is 10.8 Å². The third kappa shape index (κ3) is 7.73. The van der Waals surface area contributed by atoms with Crippen LogP contribution in [0.15, 0.2) is 4.99 Å². The Morgan fingerprint density at radius 1 is 1.62 bits per heavy atom. The van der Waals surface area contributed by atoms with Crippen LogP contribution in [-0.2, 0) is 10.8 Å². The molecule has 6 heteroatoms. The zero-order valence-electron chi connectivity index (χ0n) is 8.17. The number of rotatable bonds is 5. The van der Waals surface area contributed by atoms with Gasteiger partial charge in [-0.1, -0.05) is 0 Å². The van der Waals surface area contributed by atoms with Crippen molar-refractivity contribution in [1.29, 1.82) is 0 Å². The molecule has 13 heavy (non-hydrogen) atoms. The lowest BCUT2D eigenvalue weighted by atomic mass is 10.5. The second kappa shape index (κ2) is 8.00. The summed E-state index contributed by atoms with van der Waals surface area (Å²) in [5.41, 5.74) is 2.45. The fourth-order valence-corrected chi connectivity index (χ4v) is 1.31. The monoisotopic (exact) mass is 206 g/mol. The first-order chi connectivity index (χ1) is 6.20. The van der Waals surface area contributed by atoms with Crippen molar-refractivity contribution in [2.75, 3.05) is 25.1 Å². The highest BCUT2D eigenvalue weighted by molar-refractivity contribution is 7.84. The van der Waals surface area contributed by atoms with E-state index in [2.05, 4.69) is 15.7 Å². The maximum Gasteiger partial charge on any atom is 0.205 e. The number of nitrogens with zero attached hydrogens (tertiary/aromatic N) is 1. The molecule has 0 aliphatic heterocycles. The van der Waals surface area contributed by atoms with Gasteiger partial charge in [0.05, 0.1) is 0 Å². The van der Waals surface area contributed by atoms with Crippen LogP contribution in [0.2, 0.25) is 0 Å². The molecule has 0 bridgehead atoms. The minimum atomic E-state index is -0.727. The maximum atomic E-state index is 10.7. The quantitative estimate of drug-likeness (QED) is 0.181. The summed E-state index contributed by atoms with van der Waals surface area (Å²) in [5.74, 6) is 6.47. The Hall–Kier alpha value is -0.620. The second-order valence-corrected chi connectivity index (χ2v) is 4.09. The molecule has 0 radical (unpaired) electrons. The number of hydrogen-bond acceptors (Lipinski definition) is 3. The molecule has 0 aromatic carbocycles. The Bertz CT molecular complexity index is 183. The summed E-state index contributed by atoms with van der Waals surface area (Å²) in [6.45, 7) is 3.39. The van der Waals surface area contributed by atoms with E-state index in [9.17, 15) is 4.21 Å². The summed E-state index contributed by atoms with van der Waals surface area (Å²) in [7, 11) is -0.727. The van der Waals surface area contributed by atoms with Crippen LogP contribution in [0.3, 0.4) is 0 Å². The van der Waals surface area contributed by atoms with Gasteiger partial charge in [-0.05, 0) is 13.3 Å². The summed E-state index contributed by atoms with van der Waals surface area (Å²) < 4.78 is 10.7. The van der Waals surface area contributed by atoms with Crippen LogP contribution < -0.4 is 16.6 Å². The lowest BCUT2D eigenvalue weighted by molar-refractivity contribution is 0.684. The van der Waals surface area contributed by atoms with Crippen molar-refractivity contribution in [3.05, 3.63) is 0 Å². The van der Waals surface area contributed by atoms with Gasteiger partial charge in [-0.15, -0.1) is 0 Å². The van der Waals surface area contributed by atoms with Gasteiger partial charge in [0.25, 0.3) is 0 Å². The van der Waals surface area contributed by atoms with Gasteiger partial charge < -0.3 is 5.32 Å². The van der Waals surface area contributed by atoms with Gasteiger partial charge in [-0.2, -0.15) is 0 Å². The van der Waals surface area contributed by atoms with Gasteiger partial charge in [-0.3, -0.25) is 14.6 Å². The molecule has 0 spiro atoms. The van der Waals surface area contributed by atoms with Crippen molar-refractivity contribution >= 4 is 16.8 Å². The van der Waals surface area contributed by atoms with E-state index in [4.69, 9.17) is 5.84 Å². The molecular formula is C7H18N4OS. The zero-order chi connectivity index (χ0) is 10.1. The summed E-state index contributed by atoms with van der Waals surface area (Å²) >= 11 is 0. The van der Waals surface area contributed by atoms with Crippen LogP contribution in [0.5, 0.6) is 0 Å². The van der Waals surface area contributed by atoms with Crippen molar-refractivity contribution in [1.82, 2.24) is 10.7 Å². The number of nitrogens with two attached hydrogens (primary N) is 1. The van der Waals surface area contributed by atoms with Crippen LogP contribution in [-0.4, -0.2) is 35.3 Å². The van der Waals surface area contributed by atoms with Gasteiger partial charge in [0, 0.05) is 35.9 Å². The molecular weight excluding hydrogens is 188 g/mol. The Kier molecular flexibility index (Phi) is 7.62. The van der Waals surface area contributed by atoms with Crippen LogP contribution >= 0.6 is 0 Å². The Labute approximate surface area is 81.6 Å². The number of hydrazine groups is 1. The largest absolute Gasteiger partial charge is 0.356 e. The lowest BCUT2D eigenvalue weighted by Gasteiger charge is -2.05. The molecule has 4 N–H and O–H groups in total. The Balaban J connectivity index is 3.60. The third-order valence-corrected chi connectivity index (χ3v) is 2.20. The minimum absolute atomic E-state index is 0.587. The van der Waals surface area contributed by atoms with E-state index < -0.39 is 10.8 Å². The normalized spacial score (nSPS) is 13.9. The first-order valence-electron chi connectivity index (χ1n) is 4.25. The van der Waals surface area contributed by atoms with Gasteiger partial charge in [0.2, 0.25) is 5.96 Å². The van der Waals surface area contributed by atoms with Gasteiger partial charge in [-0.25, -0.2) is 5.84 Å². The van der Waals surface area contributed by atoms with Crippen LogP contribution in [0, 0.1) is 0 Å². The average Bonchev–Trinajstić information content (AvgIpc) is 2.10. The van der Waals surface area contributed by atoms with E-state index in [-0.39, 0.29) is 0 Å². The zero-order valence-corrected chi connectivity index (χ0v) is 8.99. The van der Waals surface area contributed by atoms with E-state index in [1.807, 2.05) is 6.92 Å². The highest BCUT2D eigenvalue weighted by Crippen LogP contribution is 1.84. The van der Waals surface area contributed by atoms with E-state index in [1.165, 1.54) is 0 Å². The van der Waals surface area contributed by atoms with Crippen LogP contribution in [0.4, 0.5) is 0 Å². The van der Waals surface area contributed by atoms with Gasteiger partial charge in [0.15, 0.2) is 0 Å². The summed E-state index contributed by atoms with van der Waals surface area (Å²) in [6, 6.07) is 0. The first kappa shape index (κ1) is 12.4. The second-order valence-electron chi connectivity index (χ2n) is 2.54. The topological polar surface area (TPSA) is 79.5 Å². The molecule has 1 atom stereocenters. The van der Waals surface area contributed by atoms with E-state index >= 15 is 0 Å². The number of hydrogen-bond donors (Lipinski definition) is 3. The molecule has 0 amide bonds. The molecule has 0 heterocycles. The summed E-state index contributed by atoms with van der Waals surface area (Å²) in [4.78, 5) is 4.14. The van der Waals surface area contributed by atoms with Crippen molar-refractivity contribution in [3.63, 3.8) is 0 Å². The molecule has 0 aromatic heterocycles. The van der Waals surface area contributed by atoms with Gasteiger partial charge >= 0.3 is 0 Å². The molecule has 0 fully saturated rings. The number of aliphatic imine (C=N–C) groups is 1. The molecule has 5 nitrogen and oxygen atoms in total. The third-order valence-electron chi connectivity index (χ3n) is 1.34. The molecule has 0 rings (SSSR count). The lowest BCUT2D eigenvalue weighted by Crippen LogP contribution is -2.41. The fraction of sp³-hybridized carbons (Fsp3) is 0.857. The van der Waals surface area contributed by atoms with E-state index in [0.717, 1.165) is 13.0 Å². The van der Waals surface area contributed by atoms with Crippen LogP contribution in [0.25, 0.3) is 0 Å². The van der Waals surface area contributed by atoms with Crippen molar-refractivity contribution in [3.8, 4) is 0 Å². The molecule has 0 aliphatic carbocycles. The summed E-state index contributed by atoms with van der Waals surface area (Å²) in [5, 5.41) is 2.96. The number of guanidine groups is 1. The van der Waals surface area contributed by atoms with Gasteiger partial charge in [0.1, 0.15) is 0 Å². The van der Waals surface area contributed by atoms with E-state index in [1.54, 1.807) is 6.26 Å². The van der Waals surface area contributed by atoms with Crippen molar-refractivity contribution < 1.29 is 4.21 Å². The fourth-order valence-electron chi connectivity index (χ4n) is 0.779. The van der Waals surface area contributed by atoms with Crippen LogP contribution in [0.1, 0.15) is 13.3 Å². The minimum Gasteiger partial charge on any atom is -0.356 e. The highest BCUT2D eigenvalue weighted by atomic mass is 32.2. The molecule has 0 aromatic rings. The SMILES string of the molecule is CCNC(=NCCCS(C)=O)NN.